The number of carbonyl (C=O) groups is 2. The van der Waals surface area contributed by atoms with Crippen molar-refractivity contribution in [3.8, 4) is 0 Å². The quantitative estimate of drug-likeness (QED) is 0.934. The van der Waals surface area contributed by atoms with E-state index in [4.69, 9.17) is 0 Å². The molecule has 0 unspecified atom stereocenters. The van der Waals surface area contributed by atoms with E-state index >= 15 is 0 Å². The second-order valence-corrected chi connectivity index (χ2v) is 6.28. The Balaban J connectivity index is 1.79. The molecule has 4 heteroatoms. The SMILES string of the molecule is Cc1cccc(NC(=O)c2cccc(C(=O)N3CCCC3)c2)c1C. The standard InChI is InChI=1S/C20H22N2O2/c1-14-7-5-10-18(15(14)2)21-19(23)16-8-6-9-17(13-16)20(24)22-11-3-4-12-22/h5-10,13H,3-4,11-12H2,1-2H3,(H,21,23). The number of nitrogens with one attached hydrogen (secondary N) is 1. The Morgan fingerprint density at radius 2 is 1.62 bits per heavy atom. The number of hydrogen-bond donors (Lipinski definition) is 1. The van der Waals surface area contributed by atoms with Gasteiger partial charge in [0.15, 0.2) is 0 Å². The zero-order valence-electron chi connectivity index (χ0n) is 14.1. The second-order valence-electron chi connectivity index (χ2n) is 6.28. The van der Waals surface area contributed by atoms with E-state index in [1.807, 2.05) is 36.9 Å². The first-order valence-electron chi connectivity index (χ1n) is 8.33. The van der Waals surface area contributed by atoms with Gasteiger partial charge < -0.3 is 10.2 Å². The predicted molar refractivity (Wildman–Crippen MR) is 95.4 cm³/mol. The molecule has 1 aliphatic heterocycles. The summed E-state index contributed by atoms with van der Waals surface area (Å²) in [6, 6.07) is 12.8. The molecule has 0 aliphatic carbocycles. The van der Waals surface area contributed by atoms with E-state index in [1.54, 1.807) is 24.3 Å². The third kappa shape index (κ3) is 3.32. The first kappa shape index (κ1) is 16.2. The average Bonchev–Trinajstić information content (AvgIpc) is 3.13. The largest absolute Gasteiger partial charge is 0.339 e. The fraction of sp³-hybridized carbons (Fsp3) is 0.300. The van der Waals surface area contributed by atoms with E-state index in [-0.39, 0.29) is 11.8 Å². The lowest BCUT2D eigenvalue weighted by atomic mass is 10.1. The highest BCUT2D eigenvalue weighted by molar-refractivity contribution is 6.06. The lowest BCUT2D eigenvalue weighted by molar-refractivity contribution is 0.0793. The van der Waals surface area contributed by atoms with Crippen molar-refractivity contribution in [2.45, 2.75) is 26.7 Å². The maximum absolute atomic E-state index is 12.5. The van der Waals surface area contributed by atoms with Gasteiger partial charge in [-0.2, -0.15) is 0 Å². The number of anilines is 1. The van der Waals surface area contributed by atoms with E-state index in [0.29, 0.717) is 11.1 Å². The Bertz CT molecular complexity index is 777. The monoisotopic (exact) mass is 322 g/mol. The lowest BCUT2D eigenvalue weighted by Crippen LogP contribution is -2.27. The molecule has 1 N–H and O–H groups in total. The van der Waals surface area contributed by atoms with E-state index < -0.39 is 0 Å². The molecule has 0 bridgehead atoms. The summed E-state index contributed by atoms with van der Waals surface area (Å²) >= 11 is 0. The predicted octanol–water partition coefficient (Wildman–Crippen LogP) is 3.79. The van der Waals surface area contributed by atoms with Crippen LogP contribution in [0.1, 0.15) is 44.7 Å². The fourth-order valence-corrected chi connectivity index (χ4v) is 2.98. The Morgan fingerprint density at radius 1 is 0.958 bits per heavy atom. The molecule has 124 valence electrons. The van der Waals surface area contributed by atoms with Crippen LogP contribution < -0.4 is 5.32 Å². The van der Waals surface area contributed by atoms with Crippen LogP contribution in [0, 0.1) is 13.8 Å². The summed E-state index contributed by atoms with van der Waals surface area (Å²) in [6.07, 6.45) is 2.11. The van der Waals surface area contributed by atoms with Gasteiger partial charge in [-0.3, -0.25) is 9.59 Å². The molecule has 0 radical (unpaired) electrons. The highest BCUT2D eigenvalue weighted by atomic mass is 16.2. The number of benzene rings is 2. The molecule has 0 saturated carbocycles. The molecule has 1 heterocycles. The van der Waals surface area contributed by atoms with Crippen molar-refractivity contribution in [1.82, 2.24) is 4.90 Å². The highest BCUT2D eigenvalue weighted by Crippen LogP contribution is 2.20. The number of likely N-dealkylation sites (tertiary alicyclic amines) is 1. The molecule has 0 spiro atoms. The molecule has 1 fully saturated rings. The number of hydrogen-bond acceptors (Lipinski definition) is 2. The number of rotatable bonds is 3. The topological polar surface area (TPSA) is 49.4 Å². The molecular formula is C20H22N2O2. The van der Waals surface area contributed by atoms with Gasteiger partial charge in [-0.25, -0.2) is 0 Å². The Morgan fingerprint density at radius 3 is 2.38 bits per heavy atom. The number of amides is 2. The summed E-state index contributed by atoms with van der Waals surface area (Å²) in [5, 5.41) is 2.94. The molecule has 1 saturated heterocycles. The van der Waals surface area contributed by atoms with Crippen LogP contribution in [0.5, 0.6) is 0 Å². The van der Waals surface area contributed by atoms with Crippen LogP contribution in [-0.2, 0) is 0 Å². The first-order valence-corrected chi connectivity index (χ1v) is 8.33. The molecule has 2 aromatic rings. The minimum absolute atomic E-state index is 0.00823. The van der Waals surface area contributed by atoms with E-state index in [9.17, 15) is 9.59 Å². The van der Waals surface area contributed by atoms with E-state index in [1.165, 1.54) is 0 Å². The molecule has 3 rings (SSSR count). The molecular weight excluding hydrogens is 300 g/mol. The van der Waals surface area contributed by atoms with Gasteiger partial charge in [-0.05, 0) is 62.1 Å². The Kier molecular flexibility index (Phi) is 4.65. The van der Waals surface area contributed by atoms with Crippen molar-refractivity contribution < 1.29 is 9.59 Å². The first-order chi connectivity index (χ1) is 11.6. The molecule has 4 nitrogen and oxygen atoms in total. The lowest BCUT2D eigenvalue weighted by Gasteiger charge is -2.16. The van der Waals surface area contributed by atoms with Gasteiger partial charge in [-0.15, -0.1) is 0 Å². The van der Waals surface area contributed by atoms with Gasteiger partial charge in [0, 0.05) is 29.9 Å². The van der Waals surface area contributed by atoms with Crippen molar-refractivity contribution in [1.29, 1.82) is 0 Å². The number of carbonyl (C=O) groups excluding carboxylic acids is 2. The summed E-state index contributed by atoms with van der Waals surface area (Å²) in [5.74, 6) is -0.186. The summed E-state index contributed by atoms with van der Waals surface area (Å²) < 4.78 is 0. The van der Waals surface area contributed by atoms with Crippen LogP contribution in [0.25, 0.3) is 0 Å². The summed E-state index contributed by atoms with van der Waals surface area (Å²) in [4.78, 5) is 26.9. The maximum Gasteiger partial charge on any atom is 0.255 e. The number of aryl methyl sites for hydroxylation is 1. The third-order valence-electron chi connectivity index (χ3n) is 4.62. The van der Waals surface area contributed by atoms with Gasteiger partial charge in [-0.1, -0.05) is 18.2 Å². The van der Waals surface area contributed by atoms with Crippen LogP contribution in [0.4, 0.5) is 5.69 Å². The van der Waals surface area contributed by atoms with Crippen LogP contribution >= 0.6 is 0 Å². The Labute approximate surface area is 142 Å². The van der Waals surface area contributed by atoms with E-state index in [0.717, 1.165) is 42.7 Å². The molecule has 2 amide bonds. The van der Waals surface area contributed by atoms with Gasteiger partial charge in [0.25, 0.3) is 11.8 Å². The van der Waals surface area contributed by atoms with Crippen molar-refractivity contribution in [2.24, 2.45) is 0 Å². The molecule has 0 aromatic heterocycles. The van der Waals surface area contributed by atoms with E-state index in [2.05, 4.69) is 5.32 Å². The Hall–Kier alpha value is -2.62. The molecule has 1 aliphatic rings. The van der Waals surface area contributed by atoms with Crippen molar-refractivity contribution in [2.75, 3.05) is 18.4 Å². The van der Waals surface area contributed by atoms with Crippen molar-refractivity contribution >= 4 is 17.5 Å². The minimum Gasteiger partial charge on any atom is -0.339 e. The summed E-state index contributed by atoms with van der Waals surface area (Å²) in [6.45, 7) is 5.61. The van der Waals surface area contributed by atoms with Gasteiger partial charge in [0.1, 0.15) is 0 Å². The van der Waals surface area contributed by atoms with Crippen LogP contribution in [0.2, 0.25) is 0 Å². The molecule has 0 atom stereocenters. The van der Waals surface area contributed by atoms with Gasteiger partial charge >= 0.3 is 0 Å². The van der Waals surface area contributed by atoms with Gasteiger partial charge in [0.05, 0.1) is 0 Å². The zero-order chi connectivity index (χ0) is 17.1. The third-order valence-corrected chi connectivity index (χ3v) is 4.62. The maximum atomic E-state index is 12.5. The minimum atomic E-state index is -0.195. The van der Waals surface area contributed by atoms with Crippen molar-refractivity contribution in [3.05, 3.63) is 64.7 Å². The average molecular weight is 322 g/mol. The van der Waals surface area contributed by atoms with Crippen molar-refractivity contribution in [3.63, 3.8) is 0 Å². The smallest absolute Gasteiger partial charge is 0.255 e. The number of nitrogens with zero attached hydrogens (tertiary/aromatic N) is 1. The fourth-order valence-electron chi connectivity index (χ4n) is 2.98. The summed E-state index contributed by atoms with van der Waals surface area (Å²) in [5.41, 5.74) is 4.06. The normalized spacial score (nSPS) is 13.8. The zero-order valence-corrected chi connectivity index (χ0v) is 14.1. The van der Waals surface area contributed by atoms with Crippen LogP contribution in [0.15, 0.2) is 42.5 Å². The highest BCUT2D eigenvalue weighted by Gasteiger charge is 2.20. The van der Waals surface area contributed by atoms with Crippen LogP contribution in [-0.4, -0.2) is 29.8 Å². The molecule has 24 heavy (non-hydrogen) atoms. The molecule has 2 aromatic carbocycles. The van der Waals surface area contributed by atoms with Gasteiger partial charge in [0.2, 0.25) is 0 Å². The second kappa shape index (κ2) is 6.87. The van der Waals surface area contributed by atoms with Crippen LogP contribution in [0.3, 0.4) is 0 Å². The summed E-state index contributed by atoms with van der Waals surface area (Å²) in [7, 11) is 0.